The number of nitrogens with zero attached hydrogens (tertiary/aromatic N) is 2. The van der Waals surface area contributed by atoms with Crippen molar-refractivity contribution in [3.63, 3.8) is 0 Å². The maximum Gasteiger partial charge on any atom is 0.220 e. The Morgan fingerprint density at radius 2 is 1.58 bits per heavy atom. The Bertz CT molecular complexity index is 493. The molecule has 0 spiro atoms. The molecule has 0 unspecified atom stereocenters. The monoisotopic (exact) mass is 282 g/mol. The lowest BCUT2D eigenvalue weighted by Crippen LogP contribution is -2.35. The van der Waals surface area contributed by atoms with Crippen LogP contribution < -0.4 is 10.3 Å². The summed E-state index contributed by atoms with van der Waals surface area (Å²) in [5.74, 6) is 0. The van der Waals surface area contributed by atoms with Gasteiger partial charge in [0.25, 0.3) is 0 Å². The molecule has 0 amide bonds. The van der Waals surface area contributed by atoms with Gasteiger partial charge in [0.2, 0.25) is 5.43 Å². The molecule has 0 saturated carbocycles. The Labute approximate surface area is 121 Å². The maximum absolute atomic E-state index is 12.0. The lowest BCUT2D eigenvalue weighted by atomic mass is 9.82. The van der Waals surface area contributed by atoms with Gasteiger partial charge in [-0.2, -0.15) is 0 Å². The average Bonchev–Trinajstić information content (AvgIpc) is 2.27. The van der Waals surface area contributed by atoms with Crippen LogP contribution in [0.25, 0.3) is 0 Å². The summed E-state index contributed by atoms with van der Waals surface area (Å²) in [5.41, 5.74) is 1.90. The van der Waals surface area contributed by atoms with Crippen LogP contribution >= 0.6 is 12.2 Å². The van der Waals surface area contributed by atoms with Gasteiger partial charge in [0.15, 0.2) is 0 Å². The second kappa shape index (κ2) is 6.14. The van der Waals surface area contributed by atoms with Gasteiger partial charge in [-0.15, -0.1) is 0 Å². The Balaban J connectivity index is 2.69. The van der Waals surface area contributed by atoms with Gasteiger partial charge in [-0.1, -0.05) is 33.0 Å². The van der Waals surface area contributed by atoms with Crippen LogP contribution in [0.2, 0.25) is 0 Å². The molecule has 0 bridgehead atoms. The zero-order valence-electron chi connectivity index (χ0n) is 13.0. The van der Waals surface area contributed by atoms with E-state index in [1.165, 1.54) is 0 Å². The van der Waals surface area contributed by atoms with E-state index in [0.29, 0.717) is 4.51 Å². The van der Waals surface area contributed by atoms with Gasteiger partial charge in [0.1, 0.15) is 0 Å². The van der Waals surface area contributed by atoms with E-state index in [1.54, 1.807) is 0 Å². The highest BCUT2D eigenvalue weighted by Gasteiger charge is 2.29. The maximum atomic E-state index is 12.0. The molecule has 19 heavy (non-hydrogen) atoms. The Hall–Kier alpha value is -0.740. The minimum absolute atomic E-state index is 0.0434. The van der Waals surface area contributed by atoms with Gasteiger partial charge in [-0.05, 0) is 38.9 Å². The standard InChI is InChI=1S/C15H26N2OS/c1-15(2,3)11-12(13(18)14(11)19)17(6)10-8-7-9-16(4)5/h7-10H2,1-6H3. The summed E-state index contributed by atoms with van der Waals surface area (Å²) in [5, 5.41) is 0. The highest BCUT2D eigenvalue weighted by molar-refractivity contribution is 7.71. The molecule has 1 rings (SSSR count). The van der Waals surface area contributed by atoms with E-state index in [4.69, 9.17) is 12.2 Å². The molecule has 0 aromatic heterocycles. The molecule has 0 aliphatic rings. The minimum Gasteiger partial charge on any atom is -0.371 e. The third-order valence-corrected chi connectivity index (χ3v) is 3.76. The summed E-state index contributed by atoms with van der Waals surface area (Å²) in [6.45, 7) is 8.34. The summed E-state index contributed by atoms with van der Waals surface area (Å²) >= 11 is 5.20. The molecule has 0 fully saturated rings. The van der Waals surface area contributed by atoms with Gasteiger partial charge in [-0.3, -0.25) is 4.79 Å². The third-order valence-electron chi connectivity index (χ3n) is 3.37. The molecule has 1 aromatic rings. The minimum atomic E-state index is -0.0434. The van der Waals surface area contributed by atoms with E-state index in [9.17, 15) is 4.79 Å². The first kappa shape index (κ1) is 16.3. The number of anilines is 1. The van der Waals surface area contributed by atoms with Crippen molar-refractivity contribution in [3.8, 4) is 0 Å². The quantitative estimate of drug-likeness (QED) is 0.591. The molecule has 0 N–H and O–H groups in total. The smallest absolute Gasteiger partial charge is 0.220 e. The van der Waals surface area contributed by atoms with E-state index in [0.717, 1.165) is 37.2 Å². The normalized spacial score (nSPS) is 12.4. The lowest BCUT2D eigenvalue weighted by Gasteiger charge is -2.30. The van der Waals surface area contributed by atoms with Crippen molar-refractivity contribution in [1.82, 2.24) is 4.90 Å². The van der Waals surface area contributed by atoms with Crippen molar-refractivity contribution >= 4 is 17.9 Å². The summed E-state index contributed by atoms with van der Waals surface area (Å²) in [6, 6.07) is 0. The van der Waals surface area contributed by atoms with Crippen molar-refractivity contribution in [2.45, 2.75) is 39.0 Å². The first-order valence-electron chi connectivity index (χ1n) is 6.86. The molecular formula is C15H26N2OS. The highest BCUT2D eigenvalue weighted by atomic mass is 32.1. The van der Waals surface area contributed by atoms with Gasteiger partial charge in [-0.25, -0.2) is 0 Å². The van der Waals surface area contributed by atoms with Crippen LogP contribution in [0, 0.1) is 4.51 Å². The zero-order chi connectivity index (χ0) is 14.8. The Morgan fingerprint density at radius 1 is 1.05 bits per heavy atom. The molecule has 4 heteroatoms. The summed E-state index contributed by atoms with van der Waals surface area (Å²) in [6.07, 6.45) is 2.24. The van der Waals surface area contributed by atoms with Crippen LogP contribution in [-0.4, -0.2) is 39.1 Å². The molecule has 0 heterocycles. The van der Waals surface area contributed by atoms with E-state index in [1.807, 2.05) is 7.05 Å². The number of unbranched alkanes of at least 4 members (excludes halogenated alkanes) is 1. The van der Waals surface area contributed by atoms with E-state index >= 15 is 0 Å². The fourth-order valence-corrected chi connectivity index (χ4v) is 2.83. The number of hydrogen-bond acceptors (Lipinski definition) is 4. The fourth-order valence-electron chi connectivity index (χ4n) is 2.33. The van der Waals surface area contributed by atoms with Gasteiger partial charge in [0, 0.05) is 19.2 Å². The molecule has 0 atom stereocenters. The molecule has 3 nitrogen and oxygen atoms in total. The van der Waals surface area contributed by atoms with Crippen LogP contribution in [0.15, 0.2) is 4.79 Å². The Kier molecular flexibility index (Phi) is 5.27. The van der Waals surface area contributed by atoms with Crippen molar-refractivity contribution in [2.24, 2.45) is 0 Å². The topological polar surface area (TPSA) is 23.6 Å². The lowest BCUT2D eigenvalue weighted by molar-refractivity contribution is 0.395. The highest BCUT2D eigenvalue weighted by Crippen LogP contribution is 2.32. The van der Waals surface area contributed by atoms with Crippen molar-refractivity contribution in [3.05, 3.63) is 20.3 Å². The molecular weight excluding hydrogens is 256 g/mol. The number of rotatable bonds is 6. The molecule has 108 valence electrons. The van der Waals surface area contributed by atoms with Crippen molar-refractivity contribution in [1.29, 1.82) is 0 Å². The second-order valence-electron chi connectivity index (χ2n) is 6.56. The SMILES string of the molecule is CN(C)CCCCN(C)c1c(C(C)(C)C)c(=S)c1=O. The molecule has 0 saturated heterocycles. The molecule has 0 aliphatic carbocycles. The largest absolute Gasteiger partial charge is 0.371 e. The fraction of sp³-hybridized carbons (Fsp3) is 0.733. The summed E-state index contributed by atoms with van der Waals surface area (Å²) in [7, 11) is 6.16. The van der Waals surface area contributed by atoms with Crippen LogP contribution in [0.3, 0.4) is 0 Å². The number of hydrogen-bond donors (Lipinski definition) is 0. The van der Waals surface area contributed by atoms with Crippen LogP contribution in [0.5, 0.6) is 0 Å². The Morgan fingerprint density at radius 3 is 2.05 bits per heavy atom. The predicted octanol–water partition coefficient (Wildman–Crippen LogP) is 2.73. The first-order chi connectivity index (χ1) is 8.66. The van der Waals surface area contributed by atoms with Crippen LogP contribution in [-0.2, 0) is 5.41 Å². The molecule has 0 aliphatic heterocycles. The van der Waals surface area contributed by atoms with Crippen LogP contribution in [0.4, 0.5) is 5.69 Å². The van der Waals surface area contributed by atoms with E-state index in [2.05, 4.69) is 44.7 Å². The van der Waals surface area contributed by atoms with Gasteiger partial charge < -0.3 is 9.80 Å². The summed E-state index contributed by atoms with van der Waals surface area (Å²) < 4.78 is 0.530. The van der Waals surface area contributed by atoms with Gasteiger partial charge in [0.05, 0.1) is 10.2 Å². The average molecular weight is 282 g/mol. The van der Waals surface area contributed by atoms with Crippen molar-refractivity contribution in [2.75, 3.05) is 39.1 Å². The summed E-state index contributed by atoms with van der Waals surface area (Å²) in [4.78, 5) is 16.2. The van der Waals surface area contributed by atoms with Gasteiger partial charge >= 0.3 is 0 Å². The van der Waals surface area contributed by atoms with E-state index in [-0.39, 0.29) is 10.8 Å². The first-order valence-corrected chi connectivity index (χ1v) is 7.26. The third kappa shape index (κ3) is 3.86. The molecule has 1 aromatic carbocycles. The predicted molar refractivity (Wildman–Crippen MR) is 85.7 cm³/mol. The van der Waals surface area contributed by atoms with Crippen molar-refractivity contribution < 1.29 is 0 Å². The van der Waals surface area contributed by atoms with E-state index < -0.39 is 0 Å². The molecule has 0 radical (unpaired) electrons. The van der Waals surface area contributed by atoms with Crippen LogP contribution in [0.1, 0.15) is 39.2 Å². The zero-order valence-corrected chi connectivity index (χ0v) is 13.9. The second-order valence-corrected chi connectivity index (χ2v) is 6.97.